The number of aryl methyl sites for hydroxylation is 1. The maximum Gasteiger partial charge on any atom is 0.107 e. The fourth-order valence-electron chi connectivity index (χ4n) is 2.98. The van der Waals surface area contributed by atoms with E-state index >= 15 is 0 Å². The lowest BCUT2D eigenvalue weighted by atomic mass is 10.1. The highest BCUT2D eigenvalue weighted by molar-refractivity contribution is 5.25. The Morgan fingerprint density at radius 2 is 2.12 bits per heavy atom. The van der Waals surface area contributed by atoms with E-state index < -0.39 is 6.10 Å². The predicted molar refractivity (Wildman–Crippen MR) is 99.4 cm³/mol. The van der Waals surface area contributed by atoms with Gasteiger partial charge < -0.3 is 14.6 Å². The van der Waals surface area contributed by atoms with E-state index in [1.807, 2.05) is 0 Å². The average molecular weight is 346 g/mol. The molecular formula is C20H30N2O3. The molecule has 1 N–H and O–H groups in total. The van der Waals surface area contributed by atoms with Crippen LogP contribution in [-0.2, 0) is 16.0 Å². The summed E-state index contributed by atoms with van der Waals surface area (Å²) in [7, 11) is 0. The van der Waals surface area contributed by atoms with Crippen molar-refractivity contribution < 1.29 is 14.6 Å². The van der Waals surface area contributed by atoms with Gasteiger partial charge in [0.15, 0.2) is 0 Å². The molecule has 138 valence electrons. The number of aliphatic hydroxyl groups excluding tert-OH is 1. The molecule has 1 aliphatic heterocycles. The second-order valence-corrected chi connectivity index (χ2v) is 6.49. The van der Waals surface area contributed by atoms with Gasteiger partial charge in [-0.3, -0.25) is 9.80 Å². The number of ether oxygens (including phenoxy) is 2. The fraction of sp³-hybridized carbons (Fsp3) is 0.600. The normalized spacial score (nSPS) is 16.7. The summed E-state index contributed by atoms with van der Waals surface area (Å²) in [4.78, 5) is 4.71. The summed E-state index contributed by atoms with van der Waals surface area (Å²) in [5.74, 6) is 2.43. The number of hydrogen-bond acceptors (Lipinski definition) is 5. The average Bonchev–Trinajstić information content (AvgIpc) is 2.62. The minimum atomic E-state index is -0.540. The lowest BCUT2D eigenvalue weighted by molar-refractivity contribution is 0.0136. The largest absolute Gasteiger partial charge is 0.389 e. The molecule has 0 amide bonds. The van der Waals surface area contributed by atoms with Crippen molar-refractivity contribution in [2.75, 3.05) is 59.2 Å². The third-order valence-corrected chi connectivity index (χ3v) is 4.46. The molecule has 0 bridgehead atoms. The van der Waals surface area contributed by atoms with Crippen LogP contribution in [0.5, 0.6) is 0 Å². The molecule has 1 fully saturated rings. The highest BCUT2D eigenvalue weighted by atomic mass is 16.5. The number of hydrogen-bond donors (Lipinski definition) is 1. The summed E-state index contributed by atoms with van der Waals surface area (Å²) in [6.45, 7) is 9.48. The summed E-state index contributed by atoms with van der Waals surface area (Å²) in [5, 5.41) is 10.3. The van der Waals surface area contributed by atoms with Crippen LogP contribution in [0.15, 0.2) is 24.3 Å². The van der Waals surface area contributed by atoms with E-state index in [4.69, 9.17) is 15.9 Å². The van der Waals surface area contributed by atoms with E-state index in [2.05, 4.69) is 46.9 Å². The predicted octanol–water partition coefficient (Wildman–Crippen LogP) is 1.14. The van der Waals surface area contributed by atoms with Crippen LogP contribution in [0.25, 0.3) is 0 Å². The molecule has 5 nitrogen and oxygen atoms in total. The number of benzene rings is 1. The molecular weight excluding hydrogens is 316 g/mol. The number of terminal acetylenes is 1. The van der Waals surface area contributed by atoms with Gasteiger partial charge in [0.2, 0.25) is 0 Å². The van der Waals surface area contributed by atoms with Crippen molar-refractivity contribution >= 4 is 0 Å². The first-order valence-electron chi connectivity index (χ1n) is 8.95. The first-order chi connectivity index (χ1) is 12.2. The monoisotopic (exact) mass is 346 g/mol. The van der Waals surface area contributed by atoms with Crippen molar-refractivity contribution in [2.24, 2.45) is 0 Å². The molecule has 1 aliphatic rings. The van der Waals surface area contributed by atoms with Crippen LogP contribution in [0.1, 0.15) is 11.1 Å². The molecule has 1 unspecified atom stereocenters. The van der Waals surface area contributed by atoms with Crippen molar-refractivity contribution in [1.82, 2.24) is 9.80 Å². The van der Waals surface area contributed by atoms with E-state index in [1.54, 1.807) is 0 Å². The molecule has 0 aromatic heterocycles. The fourth-order valence-corrected chi connectivity index (χ4v) is 2.98. The summed E-state index contributed by atoms with van der Waals surface area (Å²) in [6, 6.07) is 8.40. The quantitative estimate of drug-likeness (QED) is 0.508. The van der Waals surface area contributed by atoms with Gasteiger partial charge in [-0.2, -0.15) is 0 Å². The van der Waals surface area contributed by atoms with Gasteiger partial charge in [0, 0.05) is 39.3 Å². The van der Waals surface area contributed by atoms with Gasteiger partial charge in [-0.15, -0.1) is 6.42 Å². The topological polar surface area (TPSA) is 45.2 Å². The Hall–Kier alpha value is -1.42. The second-order valence-electron chi connectivity index (χ2n) is 6.49. The molecule has 0 spiro atoms. The zero-order valence-corrected chi connectivity index (χ0v) is 15.2. The first-order valence-corrected chi connectivity index (χ1v) is 8.95. The van der Waals surface area contributed by atoms with Gasteiger partial charge in [0.05, 0.1) is 25.9 Å². The standard InChI is InChI=1S/C20H30N2O3/c1-3-12-25-17-20(23)16-22(9-8-21-10-13-24-14-11-21)15-19-7-5-4-6-18(19)2/h1,4-7,20,23H,8-17H2,2H3. The first kappa shape index (κ1) is 19.9. The van der Waals surface area contributed by atoms with Crippen LogP contribution < -0.4 is 0 Å². The van der Waals surface area contributed by atoms with Gasteiger partial charge in [-0.05, 0) is 18.1 Å². The molecule has 2 rings (SSSR count). The maximum atomic E-state index is 10.3. The van der Waals surface area contributed by atoms with Crippen LogP contribution in [0.2, 0.25) is 0 Å². The highest BCUT2D eigenvalue weighted by Gasteiger charge is 2.16. The Bertz CT molecular complexity index is 538. The lowest BCUT2D eigenvalue weighted by Crippen LogP contribution is -2.43. The Morgan fingerprint density at radius 1 is 1.36 bits per heavy atom. The van der Waals surface area contributed by atoms with Crippen LogP contribution >= 0.6 is 0 Å². The summed E-state index contributed by atoms with van der Waals surface area (Å²) >= 11 is 0. The number of morpholine rings is 1. The van der Waals surface area contributed by atoms with Crippen molar-refractivity contribution in [3.05, 3.63) is 35.4 Å². The number of nitrogens with zero attached hydrogens (tertiary/aromatic N) is 2. The molecule has 5 heteroatoms. The third kappa shape index (κ3) is 7.55. The second kappa shape index (κ2) is 11.2. The Kier molecular flexibility index (Phi) is 8.95. The minimum absolute atomic E-state index is 0.239. The zero-order valence-electron chi connectivity index (χ0n) is 15.2. The third-order valence-electron chi connectivity index (χ3n) is 4.46. The van der Waals surface area contributed by atoms with Crippen LogP contribution in [0.4, 0.5) is 0 Å². The van der Waals surface area contributed by atoms with Gasteiger partial charge in [0.25, 0.3) is 0 Å². The SMILES string of the molecule is C#CCOCC(O)CN(CCN1CCOCC1)Cc1ccccc1C. The molecule has 1 aromatic carbocycles. The molecule has 1 aromatic rings. The summed E-state index contributed by atoms with van der Waals surface area (Å²) in [5.41, 5.74) is 2.57. The Balaban J connectivity index is 1.89. The smallest absolute Gasteiger partial charge is 0.107 e. The van der Waals surface area contributed by atoms with E-state index in [9.17, 15) is 5.11 Å². The molecule has 0 radical (unpaired) electrons. The summed E-state index contributed by atoms with van der Waals surface area (Å²) < 4.78 is 10.7. The maximum absolute atomic E-state index is 10.3. The lowest BCUT2D eigenvalue weighted by Gasteiger charge is -2.31. The molecule has 1 heterocycles. The van der Waals surface area contributed by atoms with Crippen molar-refractivity contribution in [3.63, 3.8) is 0 Å². The molecule has 1 atom stereocenters. The van der Waals surface area contributed by atoms with Gasteiger partial charge in [-0.1, -0.05) is 30.2 Å². The number of rotatable bonds is 10. The Morgan fingerprint density at radius 3 is 2.84 bits per heavy atom. The van der Waals surface area contributed by atoms with Gasteiger partial charge in [-0.25, -0.2) is 0 Å². The Labute approximate surface area is 151 Å². The van der Waals surface area contributed by atoms with E-state index in [0.717, 1.165) is 45.9 Å². The number of aliphatic hydroxyl groups is 1. The molecule has 1 saturated heterocycles. The highest BCUT2D eigenvalue weighted by Crippen LogP contribution is 2.11. The van der Waals surface area contributed by atoms with Gasteiger partial charge in [0.1, 0.15) is 6.61 Å². The van der Waals surface area contributed by atoms with E-state index in [0.29, 0.717) is 6.54 Å². The molecule has 0 aliphatic carbocycles. The van der Waals surface area contributed by atoms with Crippen LogP contribution in [-0.4, -0.2) is 80.2 Å². The van der Waals surface area contributed by atoms with E-state index in [1.165, 1.54) is 11.1 Å². The summed E-state index contributed by atoms with van der Waals surface area (Å²) in [6.07, 6.45) is 4.64. The minimum Gasteiger partial charge on any atom is -0.389 e. The molecule has 25 heavy (non-hydrogen) atoms. The van der Waals surface area contributed by atoms with Crippen molar-refractivity contribution in [1.29, 1.82) is 0 Å². The molecule has 0 saturated carbocycles. The van der Waals surface area contributed by atoms with Crippen LogP contribution in [0, 0.1) is 19.3 Å². The zero-order chi connectivity index (χ0) is 17.9. The van der Waals surface area contributed by atoms with Crippen molar-refractivity contribution in [2.45, 2.75) is 19.6 Å². The van der Waals surface area contributed by atoms with E-state index in [-0.39, 0.29) is 13.2 Å². The van der Waals surface area contributed by atoms with Crippen molar-refractivity contribution in [3.8, 4) is 12.3 Å². The van der Waals surface area contributed by atoms with Crippen LogP contribution in [0.3, 0.4) is 0 Å². The van der Waals surface area contributed by atoms with Gasteiger partial charge >= 0.3 is 0 Å².